The Labute approximate surface area is 88.8 Å². The van der Waals surface area contributed by atoms with Gasteiger partial charge in [-0.3, -0.25) is 9.59 Å². The fraction of sp³-hybridized carbons (Fsp3) is 0.778. The third-order valence-electron chi connectivity index (χ3n) is 1.81. The van der Waals surface area contributed by atoms with E-state index < -0.39 is 17.3 Å². The van der Waals surface area contributed by atoms with E-state index in [1.807, 2.05) is 0 Å². The van der Waals surface area contributed by atoms with E-state index in [1.165, 1.54) is 0 Å². The first kappa shape index (κ1) is 13.9. The summed E-state index contributed by atoms with van der Waals surface area (Å²) in [5.74, 6) is -1.37. The summed E-state index contributed by atoms with van der Waals surface area (Å²) >= 11 is 0. The van der Waals surface area contributed by atoms with Crippen LogP contribution < -0.4 is 11.1 Å². The Balaban J connectivity index is 3.46. The van der Waals surface area contributed by atoms with Crippen molar-refractivity contribution in [3.05, 3.63) is 0 Å². The molecule has 0 bridgehead atoms. The number of primary amides is 1. The van der Waals surface area contributed by atoms with Crippen LogP contribution in [-0.2, 0) is 14.3 Å². The number of rotatable bonds is 8. The number of nitrogens with two attached hydrogens (primary N) is 1. The van der Waals surface area contributed by atoms with Gasteiger partial charge in [-0.05, 0) is 13.8 Å². The number of ether oxygens (including phenoxy) is 1. The van der Waals surface area contributed by atoms with Gasteiger partial charge in [0.2, 0.25) is 5.91 Å². The smallest absolute Gasteiger partial charge is 0.310 e. The largest absolute Gasteiger partial charge is 0.481 e. The van der Waals surface area contributed by atoms with Crippen molar-refractivity contribution in [1.29, 1.82) is 0 Å². The van der Waals surface area contributed by atoms with E-state index in [4.69, 9.17) is 15.6 Å². The van der Waals surface area contributed by atoms with Crippen molar-refractivity contribution in [3.8, 4) is 0 Å². The van der Waals surface area contributed by atoms with Gasteiger partial charge in [0.05, 0.1) is 12.0 Å². The summed E-state index contributed by atoms with van der Waals surface area (Å²) in [6, 6.07) is 0. The molecular formula is C9H18N2O4. The van der Waals surface area contributed by atoms with Crippen LogP contribution in [0.1, 0.15) is 13.8 Å². The maximum atomic E-state index is 10.7. The Bertz CT molecular complexity index is 228. The van der Waals surface area contributed by atoms with Gasteiger partial charge in [-0.1, -0.05) is 0 Å². The second-order valence-corrected chi connectivity index (χ2v) is 3.88. The first-order valence-corrected chi connectivity index (χ1v) is 4.66. The number of amides is 1. The molecule has 0 unspecified atom stereocenters. The lowest BCUT2D eigenvalue weighted by Gasteiger charge is -2.19. The van der Waals surface area contributed by atoms with E-state index in [0.29, 0.717) is 19.7 Å². The van der Waals surface area contributed by atoms with Crippen molar-refractivity contribution in [2.45, 2.75) is 13.8 Å². The molecule has 0 atom stereocenters. The standard InChI is InChI=1S/C9H18N2O4/c1-9(2,8(13)14)6-11-3-4-15-5-7(10)12/h11H,3-6H2,1-2H3,(H2,10,12)(H,13,14). The molecule has 6 heteroatoms. The molecule has 0 heterocycles. The highest BCUT2D eigenvalue weighted by atomic mass is 16.5. The van der Waals surface area contributed by atoms with E-state index in [0.717, 1.165) is 0 Å². The molecule has 0 aromatic heterocycles. The first-order valence-electron chi connectivity index (χ1n) is 4.66. The fourth-order valence-electron chi connectivity index (χ4n) is 0.794. The molecule has 0 saturated heterocycles. The predicted octanol–water partition coefficient (Wildman–Crippen LogP) is -0.811. The van der Waals surface area contributed by atoms with Gasteiger partial charge in [-0.25, -0.2) is 0 Å². The maximum Gasteiger partial charge on any atom is 0.310 e. The number of hydrogen-bond donors (Lipinski definition) is 3. The Morgan fingerprint density at radius 1 is 1.47 bits per heavy atom. The molecule has 0 aromatic carbocycles. The highest BCUT2D eigenvalue weighted by molar-refractivity contribution is 5.75. The summed E-state index contributed by atoms with van der Waals surface area (Å²) in [5.41, 5.74) is 4.05. The van der Waals surface area contributed by atoms with Gasteiger partial charge in [-0.15, -0.1) is 0 Å². The highest BCUT2D eigenvalue weighted by Gasteiger charge is 2.26. The van der Waals surface area contributed by atoms with Crippen LogP contribution >= 0.6 is 0 Å². The third kappa shape index (κ3) is 6.87. The molecule has 0 aliphatic rings. The van der Waals surface area contributed by atoms with Gasteiger partial charge in [0.15, 0.2) is 0 Å². The van der Waals surface area contributed by atoms with Crippen LogP contribution in [0.3, 0.4) is 0 Å². The van der Waals surface area contributed by atoms with Crippen LogP contribution in [0.2, 0.25) is 0 Å². The van der Waals surface area contributed by atoms with Crippen LogP contribution in [0.25, 0.3) is 0 Å². The minimum atomic E-state index is -0.854. The van der Waals surface area contributed by atoms with Crippen molar-refractivity contribution < 1.29 is 19.4 Å². The Morgan fingerprint density at radius 2 is 2.07 bits per heavy atom. The Hall–Kier alpha value is -1.14. The second kappa shape index (κ2) is 6.36. The summed E-state index contributed by atoms with van der Waals surface area (Å²) in [5, 5.41) is 11.7. The molecule has 1 amide bonds. The molecule has 0 rings (SSSR count). The zero-order chi connectivity index (χ0) is 11.9. The van der Waals surface area contributed by atoms with Crippen molar-refractivity contribution in [2.24, 2.45) is 11.1 Å². The topological polar surface area (TPSA) is 102 Å². The quantitative estimate of drug-likeness (QED) is 0.462. The minimum absolute atomic E-state index is 0.107. The molecule has 0 spiro atoms. The van der Waals surface area contributed by atoms with E-state index in [9.17, 15) is 9.59 Å². The molecule has 0 aliphatic carbocycles. The molecule has 0 aromatic rings. The molecule has 4 N–H and O–H groups in total. The van der Waals surface area contributed by atoms with E-state index >= 15 is 0 Å². The van der Waals surface area contributed by atoms with Gasteiger partial charge in [0.1, 0.15) is 6.61 Å². The number of carboxylic acid groups (broad SMARTS) is 1. The van der Waals surface area contributed by atoms with Gasteiger partial charge >= 0.3 is 5.97 Å². The van der Waals surface area contributed by atoms with Crippen LogP contribution in [0, 0.1) is 5.41 Å². The summed E-state index contributed by atoms with van der Waals surface area (Å²) in [7, 11) is 0. The molecule has 6 nitrogen and oxygen atoms in total. The lowest BCUT2D eigenvalue weighted by atomic mass is 9.94. The molecule has 0 saturated carbocycles. The number of aliphatic carboxylic acids is 1. The van der Waals surface area contributed by atoms with Crippen molar-refractivity contribution in [2.75, 3.05) is 26.3 Å². The Kier molecular flexibility index (Phi) is 5.88. The van der Waals surface area contributed by atoms with Crippen LogP contribution in [-0.4, -0.2) is 43.3 Å². The zero-order valence-electron chi connectivity index (χ0n) is 9.08. The molecular weight excluding hydrogens is 200 g/mol. The molecule has 88 valence electrons. The predicted molar refractivity (Wildman–Crippen MR) is 54.3 cm³/mol. The van der Waals surface area contributed by atoms with Crippen molar-refractivity contribution in [3.63, 3.8) is 0 Å². The van der Waals surface area contributed by atoms with Crippen LogP contribution in [0.15, 0.2) is 0 Å². The SMILES string of the molecule is CC(C)(CNCCOCC(N)=O)C(=O)O. The Morgan fingerprint density at radius 3 is 2.53 bits per heavy atom. The normalized spacial score (nSPS) is 11.3. The summed E-state index contributed by atoms with van der Waals surface area (Å²) < 4.78 is 4.89. The van der Waals surface area contributed by atoms with Gasteiger partial charge in [0.25, 0.3) is 0 Å². The monoisotopic (exact) mass is 218 g/mol. The number of carbonyl (C=O) groups is 2. The number of hydrogen-bond acceptors (Lipinski definition) is 4. The summed E-state index contributed by atoms with van der Waals surface area (Å²) in [4.78, 5) is 21.0. The first-order chi connectivity index (χ1) is 6.86. The van der Waals surface area contributed by atoms with Gasteiger partial charge in [-0.2, -0.15) is 0 Å². The van der Waals surface area contributed by atoms with Crippen LogP contribution in [0.5, 0.6) is 0 Å². The lowest BCUT2D eigenvalue weighted by Crippen LogP contribution is -2.37. The fourth-order valence-corrected chi connectivity index (χ4v) is 0.794. The van der Waals surface area contributed by atoms with Crippen molar-refractivity contribution >= 4 is 11.9 Å². The highest BCUT2D eigenvalue weighted by Crippen LogP contribution is 2.12. The molecule has 0 radical (unpaired) electrons. The third-order valence-corrected chi connectivity index (χ3v) is 1.81. The molecule has 0 aliphatic heterocycles. The average Bonchev–Trinajstić information content (AvgIpc) is 2.10. The molecule has 15 heavy (non-hydrogen) atoms. The number of nitrogens with one attached hydrogen (secondary N) is 1. The lowest BCUT2D eigenvalue weighted by molar-refractivity contribution is -0.146. The van der Waals surface area contributed by atoms with Crippen molar-refractivity contribution in [1.82, 2.24) is 5.32 Å². The summed E-state index contributed by atoms with van der Waals surface area (Å²) in [6.07, 6.45) is 0. The maximum absolute atomic E-state index is 10.7. The second-order valence-electron chi connectivity index (χ2n) is 3.88. The van der Waals surface area contributed by atoms with Gasteiger partial charge < -0.3 is 20.9 Å². The van der Waals surface area contributed by atoms with E-state index in [1.54, 1.807) is 13.8 Å². The minimum Gasteiger partial charge on any atom is -0.481 e. The van der Waals surface area contributed by atoms with Gasteiger partial charge in [0, 0.05) is 13.1 Å². The summed E-state index contributed by atoms with van der Waals surface area (Å²) in [6.45, 7) is 4.33. The zero-order valence-corrected chi connectivity index (χ0v) is 9.08. The van der Waals surface area contributed by atoms with E-state index in [-0.39, 0.29) is 6.61 Å². The molecule has 0 fully saturated rings. The van der Waals surface area contributed by atoms with Crippen LogP contribution in [0.4, 0.5) is 0 Å². The number of carboxylic acids is 1. The average molecular weight is 218 g/mol. The van der Waals surface area contributed by atoms with E-state index in [2.05, 4.69) is 5.32 Å². The number of carbonyl (C=O) groups excluding carboxylic acids is 1.